The van der Waals surface area contributed by atoms with Crippen molar-refractivity contribution in [2.24, 2.45) is 7.05 Å². The normalized spacial score (nSPS) is 11.2. The molecule has 7 heteroatoms. The predicted octanol–water partition coefficient (Wildman–Crippen LogP) is 1.84. The summed E-state index contributed by atoms with van der Waals surface area (Å²) in [6.07, 6.45) is 0. The van der Waals surface area contributed by atoms with Gasteiger partial charge in [0.1, 0.15) is 5.75 Å². The van der Waals surface area contributed by atoms with Crippen LogP contribution in [0.5, 0.6) is 5.75 Å². The maximum absolute atomic E-state index is 12.5. The second-order valence-corrected chi connectivity index (χ2v) is 5.50. The number of aromatic nitrogens is 4. The number of aryl methyl sites for hydroxylation is 1. The highest BCUT2D eigenvalue weighted by molar-refractivity contribution is 5.82. The van der Waals surface area contributed by atoms with Gasteiger partial charge in [0.15, 0.2) is 5.82 Å². The Kier molecular flexibility index (Phi) is 3.02. The molecule has 2 N–H and O–H groups in total. The van der Waals surface area contributed by atoms with Gasteiger partial charge in [-0.25, -0.2) is 0 Å². The summed E-state index contributed by atoms with van der Waals surface area (Å²) >= 11 is 0. The lowest BCUT2D eigenvalue weighted by Crippen LogP contribution is -2.20. The van der Waals surface area contributed by atoms with Gasteiger partial charge in [0.2, 0.25) is 5.78 Å². The highest BCUT2D eigenvalue weighted by atomic mass is 16.5. The number of nitrogens with two attached hydrogens (primary N) is 1. The van der Waals surface area contributed by atoms with E-state index in [0.29, 0.717) is 28.4 Å². The Balaban J connectivity index is 2.11. The van der Waals surface area contributed by atoms with Crippen LogP contribution in [0.4, 0.5) is 5.69 Å². The van der Waals surface area contributed by atoms with Crippen LogP contribution >= 0.6 is 0 Å². The second-order valence-electron chi connectivity index (χ2n) is 5.50. The molecule has 120 valence electrons. The molecule has 0 radical (unpaired) electrons. The lowest BCUT2D eigenvalue weighted by atomic mass is 10.1. The number of para-hydroxylation sites is 1. The second kappa shape index (κ2) is 5.09. The van der Waals surface area contributed by atoms with Crippen LogP contribution in [-0.4, -0.2) is 26.3 Å². The number of ether oxygens (including phenoxy) is 1. The maximum atomic E-state index is 12.5. The summed E-state index contributed by atoms with van der Waals surface area (Å²) < 4.78 is 8.55. The standard InChI is InChI=1S/C17H15N5O2/c1-21-16(23)11-5-3-4-6-13(11)22-15(19-20-17(21)22)10-7-8-14(24-2)12(18)9-10/h3-9H,18H2,1-2H3. The topological polar surface area (TPSA) is 87.4 Å². The molecule has 0 aliphatic carbocycles. The molecule has 0 bridgehead atoms. The van der Waals surface area contributed by atoms with Crippen LogP contribution in [-0.2, 0) is 7.05 Å². The lowest BCUT2D eigenvalue weighted by Gasteiger charge is -2.09. The van der Waals surface area contributed by atoms with Crippen LogP contribution < -0.4 is 16.0 Å². The highest BCUT2D eigenvalue weighted by Crippen LogP contribution is 2.28. The first kappa shape index (κ1) is 14.3. The van der Waals surface area contributed by atoms with Gasteiger partial charge in [-0.2, -0.15) is 0 Å². The Labute approximate surface area is 136 Å². The molecule has 2 aromatic heterocycles. The van der Waals surface area contributed by atoms with Crippen molar-refractivity contribution in [2.75, 3.05) is 12.8 Å². The van der Waals surface area contributed by atoms with Gasteiger partial charge in [-0.3, -0.25) is 13.8 Å². The Morgan fingerprint density at radius 2 is 1.92 bits per heavy atom. The number of anilines is 1. The van der Waals surface area contributed by atoms with E-state index >= 15 is 0 Å². The molecule has 0 atom stereocenters. The molecule has 2 heterocycles. The van der Waals surface area contributed by atoms with E-state index in [4.69, 9.17) is 10.5 Å². The number of benzene rings is 2. The van der Waals surface area contributed by atoms with E-state index in [2.05, 4.69) is 10.2 Å². The van der Waals surface area contributed by atoms with E-state index in [1.165, 1.54) is 4.57 Å². The Hall–Kier alpha value is -3.35. The average Bonchev–Trinajstić information content (AvgIpc) is 3.05. The molecule has 0 amide bonds. The predicted molar refractivity (Wildman–Crippen MR) is 92.1 cm³/mol. The highest BCUT2D eigenvalue weighted by Gasteiger charge is 2.16. The Morgan fingerprint density at radius 3 is 2.67 bits per heavy atom. The minimum atomic E-state index is -0.105. The third-order valence-corrected chi connectivity index (χ3v) is 4.11. The number of methoxy groups -OCH3 is 1. The first-order valence-electron chi connectivity index (χ1n) is 7.38. The van der Waals surface area contributed by atoms with Crippen molar-refractivity contribution in [3.8, 4) is 17.1 Å². The third kappa shape index (κ3) is 1.88. The summed E-state index contributed by atoms with van der Waals surface area (Å²) in [6, 6.07) is 12.8. The molecule has 7 nitrogen and oxygen atoms in total. The average molecular weight is 321 g/mol. The summed E-state index contributed by atoms with van der Waals surface area (Å²) in [5, 5.41) is 9.06. The molecule has 0 aliphatic rings. The van der Waals surface area contributed by atoms with Gasteiger partial charge in [0.05, 0.1) is 23.7 Å². The number of nitrogen functional groups attached to an aromatic ring is 1. The lowest BCUT2D eigenvalue weighted by molar-refractivity contribution is 0.417. The minimum Gasteiger partial charge on any atom is -0.495 e. The molecule has 0 fully saturated rings. The summed E-state index contributed by atoms with van der Waals surface area (Å²) in [6.45, 7) is 0. The molecule has 0 spiro atoms. The molecule has 24 heavy (non-hydrogen) atoms. The SMILES string of the molecule is COc1ccc(-c2nnc3n(C)c(=O)c4ccccc4n23)cc1N. The zero-order valence-corrected chi connectivity index (χ0v) is 13.2. The van der Waals surface area contributed by atoms with Gasteiger partial charge in [-0.05, 0) is 30.3 Å². The first-order chi connectivity index (χ1) is 11.6. The van der Waals surface area contributed by atoms with Crippen molar-refractivity contribution < 1.29 is 4.74 Å². The van der Waals surface area contributed by atoms with Crippen LogP contribution in [0.3, 0.4) is 0 Å². The van der Waals surface area contributed by atoms with Crippen LogP contribution in [0.2, 0.25) is 0 Å². The van der Waals surface area contributed by atoms with Crippen molar-refractivity contribution in [1.29, 1.82) is 0 Å². The molecule has 0 aliphatic heterocycles. The fourth-order valence-electron chi connectivity index (χ4n) is 2.90. The largest absolute Gasteiger partial charge is 0.495 e. The van der Waals surface area contributed by atoms with E-state index < -0.39 is 0 Å². The van der Waals surface area contributed by atoms with Crippen molar-refractivity contribution in [3.05, 3.63) is 52.8 Å². The Morgan fingerprint density at radius 1 is 1.12 bits per heavy atom. The molecule has 0 saturated carbocycles. The van der Waals surface area contributed by atoms with Crippen molar-refractivity contribution >= 4 is 22.4 Å². The fourth-order valence-corrected chi connectivity index (χ4v) is 2.90. The van der Waals surface area contributed by atoms with Gasteiger partial charge < -0.3 is 10.5 Å². The van der Waals surface area contributed by atoms with Crippen LogP contribution in [0.25, 0.3) is 28.1 Å². The zero-order valence-electron chi connectivity index (χ0n) is 13.2. The van der Waals surface area contributed by atoms with Crippen LogP contribution in [0.15, 0.2) is 47.3 Å². The van der Waals surface area contributed by atoms with E-state index in [0.717, 1.165) is 11.1 Å². The molecular weight excluding hydrogens is 306 g/mol. The van der Waals surface area contributed by atoms with E-state index in [1.54, 1.807) is 32.4 Å². The molecule has 4 rings (SSSR count). The number of nitrogens with zero attached hydrogens (tertiary/aromatic N) is 4. The van der Waals surface area contributed by atoms with Gasteiger partial charge in [-0.15, -0.1) is 10.2 Å². The van der Waals surface area contributed by atoms with Crippen molar-refractivity contribution in [3.63, 3.8) is 0 Å². The van der Waals surface area contributed by atoms with Gasteiger partial charge in [0.25, 0.3) is 5.56 Å². The van der Waals surface area contributed by atoms with Crippen molar-refractivity contribution in [1.82, 2.24) is 19.2 Å². The van der Waals surface area contributed by atoms with E-state index in [9.17, 15) is 4.79 Å². The van der Waals surface area contributed by atoms with Gasteiger partial charge in [0, 0.05) is 12.6 Å². The number of hydrogen-bond acceptors (Lipinski definition) is 5. The van der Waals surface area contributed by atoms with E-state index in [1.807, 2.05) is 28.7 Å². The molecule has 2 aromatic carbocycles. The fraction of sp³-hybridized carbons (Fsp3) is 0.118. The Bertz CT molecular complexity index is 1140. The maximum Gasteiger partial charge on any atom is 0.262 e. The third-order valence-electron chi connectivity index (χ3n) is 4.11. The van der Waals surface area contributed by atoms with Crippen LogP contribution in [0, 0.1) is 0 Å². The minimum absolute atomic E-state index is 0.105. The summed E-state index contributed by atoms with van der Waals surface area (Å²) in [4.78, 5) is 12.5. The first-order valence-corrected chi connectivity index (χ1v) is 7.38. The molecule has 0 saturated heterocycles. The van der Waals surface area contributed by atoms with Crippen molar-refractivity contribution in [2.45, 2.75) is 0 Å². The van der Waals surface area contributed by atoms with Gasteiger partial charge in [-0.1, -0.05) is 12.1 Å². The molecular formula is C17H15N5O2. The summed E-state index contributed by atoms with van der Waals surface area (Å²) in [5.41, 5.74) is 7.97. The monoisotopic (exact) mass is 321 g/mol. The number of fused-ring (bicyclic) bond motifs is 3. The molecule has 4 aromatic rings. The van der Waals surface area contributed by atoms with E-state index in [-0.39, 0.29) is 5.56 Å². The quantitative estimate of drug-likeness (QED) is 0.569. The smallest absolute Gasteiger partial charge is 0.262 e. The van der Waals surface area contributed by atoms with Gasteiger partial charge >= 0.3 is 0 Å². The zero-order chi connectivity index (χ0) is 16.8. The summed E-state index contributed by atoms with van der Waals surface area (Å²) in [5.74, 6) is 1.69. The molecule has 0 unspecified atom stereocenters. The summed E-state index contributed by atoms with van der Waals surface area (Å²) in [7, 11) is 3.26. The number of rotatable bonds is 2. The number of hydrogen-bond donors (Lipinski definition) is 1. The van der Waals surface area contributed by atoms with Crippen LogP contribution in [0.1, 0.15) is 0 Å².